The maximum absolute atomic E-state index is 6.10. The fourth-order valence-electron chi connectivity index (χ4n) is 3.80. The number of likely N-dealkylation sites (N-methyl/N-ethyl adjacent to an activating group) is 1. The molecule has 0 radical (unpaired) electrons. The van der Waals surface area contributed by atoms with E-state index in [0.717, 1.165) is 43.5 Å². The van der Waals surface area contributed by atoms with Crippen LogP contribution >= 0.6 is 11.6 Å². The lowest BCUT2D eigenvalue weighted by molar-refractivity contribution is 0.147. The van der Waals surface area contributed by atoms with E-state index in [9.17, 15) is 0 Å². The molecule has 4 nitrogen and oxygen atoms in total. The average molecular weight is 384 g/mol. The Labute approximate surface area is 165 Å². The Morgan fingerprint density at radius 2 is 1.63 bits per heavy atom. The topological polar surface area (TPSA) is 20.6 Å². The van der Waals surface area contributed by atoms with E-state index in [1.165, 1.54) is 22.2 Å². The number of aromatic nitrogens is 1. The van der Waals surface area contributed by atoms with Gasteiger partial charge in [0.1, 0.15) is 12.4 Å². The van der Waals surface area contributed by atoms with Crippen molar-refractivity contribution in [1.82, 2.24) is 14.4 Å². The Hall–Kier alpha value is -2.01. The molecule has 0 amide bonds. The summed E-state index contributed by atoms with van der Waals surface area (Å²) in [6.45, 7) is 5.99. The number of rotatable bonds is 5. The summed E-state index contributed by atoms with van der Waals surface area (Å²) in [6.07, 6.45) is 0. The second-order valence-corrected chi connectivity index (χ2v) is 7.76. The van der Waals surface area contributed by atoms with Gasteiger partial charge in [0.2, 0.25) is 0 Å². The molecule has 1 saturated heterocycles. The number of aryl methyl sites for hydroxylation is 1. The predicted octanol–water partition coefficient (Wildman–Crippen LogP) is 4.16. The number of benzene rings is 2. The highest BCUT2D eigenvalue weighted by atomic mass is 35.5. The third-order valence-corrected chi connectivity index (χ3v) is 5.76. The molecule has 1 aliphatic rings. The van der Waals surface area contributed by atoms with E-state index in [4.69, 9.17) is 16.3 Å². The van der Waals surface area contributed by atoms with Crippen molar-refractivity contribution in [3.8, 4) is 5.75 Å². The fraction of sp³-hybridized carbons (Fsp3) is 0.364. The average Bonchev–Trinajstić information content (AvgIpc) is 2.95. The van der Waals surface area contributed by atoms with Gasteiger partial charge in [0, 0.05) is 55.7 Å². The van der Waals surface area contributed by atoms with Crippen LogP contribution in [0.2, 0.25) is 5.02 Å². The normalized spacial score (nSPS) is 16.1. The highest BCUT2D eigenvalue weighted by molar-refractivity contribution is 6.30. The monoisotopic (exact) mass is 383 g/mol. The first kappa shape index (κ1) is 18.4. The Bertz CT molecular complexity index is 911. The molecule has 142 valence electrons. The lowest BCUT2D eigenvalue weighted by Crippen LogP contribution is -2.44. The van der Waals surface area contributed by atoms with Crippen LogP contribution in [0.15, 0.2) is 48.5 Å². The molecule has 27 heavy (non-hydrogen) atoms. The van der Waals surface area contributed by atoms with E-state index < -0.39 is 0 Å². The van der Waals surface area contributed by atoms with Crippen LogP contribution < -0.4 is 4.74 Å². The number of piperazine rings is 1. The van der Waals surface area contributed by atoms with Crippen molar-refractivity contribution in [2.75, 3.05) is 33.2 Å². The highest BCUT2D eigenvalue weighted by Crippen LogP contribution is 2.28. The van der Waals surface area contributed by atoms with Gasteiger partial charge < -0.3 is 14.2 Å². The summed E-state index contributed by atoms with van der Waals surface area (Å²) >= 11 is 5.98. The molecule has 5 heteroatoms. The third-order valence-electron chi connectivity index (χ3n) is 5.51. The van der Waals surface area contributed by atoms with Gasteiger partial charge >= 0.3 is 0 Å². The van der Waals surface area contributed by atoms with E-state index in [1.54, 1.807) is 0 Å². The van der Waals surface area contributed by atoms with Gasteiger partial charge in [0.15, 0.2) is 0 Å². The molecule has 0 spiro atoms. The first-order chi connectivity index (χ1) is 13.1. The summed E-state index contributed by atoms with van der Waals surface area (Å²) in [5.41, 5.74) is 3.88. The summed E-state index contributed by atoms with van der Waals surface area (Å²) in [5.74, 6) is 0.843. The molecule has 0 aliphatic carbocycles. The van der Waals surface area contributed by atoms with Crippen LogP contribution in [-0.4, -0.2) is 47.6 Å². The van der Waals surface area contributed by atoms with Crippen molar-refractivity contribution in [1.29, 1.82) is 0 Å². The van der Waals surface area contributed by atoms with Crippen molar-refractivity contribution >= 4 is 22.5 Å². The third kappa shape index (κ3) is 3.98. The minimum absolute atomic E-state index is 0.551. The molecular formula is C22H26ClN3O. The van der Waals surface area contributed by atoms with Crippen molar-refractivity contribution in [2.24, 2.45) is 7.05 Å². The number of ether oxygens (including phenoxy) is 1. The first-order valence-electron chi connectivity index (χ1n) is 9.46. The molecule has 0 unspecified atom stereocenters. The zero-order chi connectivity index (χ0) is 18.8. The molecule has 1 aliphatic heterocycles. The quantitative estimate of drug-likeness (QED) is 0.660. The van der Waals surface area contributed by atoms with Crippen LogP contribution in [0.5, 0.6) is 5.75 Å². The van der Waals surface area contributed by atoms with Gasteiger partial charge in [-0.1, -0.05) is 29.8 Å². The molecule has 0 saturated carbocycles. The number of para-hydroxylation sites is 1. The Kier molecular flexibility index (Phi) is 5.39. The zero-order valence-electron chi connectivity index (χ0n) is 16.0. The standard InChI is InChI=1S/C22H26ClN3O/c1-24-11-13-26(14-12-24)15-20-19-5-3-4-6-21(19)25(2)22(20)16-27-18-9-7-17(23)8-10-18/h3-10H,11-16H2,1-2H3. The van der Waals surface area contributed by atoms with Gasteiger partial charge in [0.05, 0.1) is 5.69 Å². The van der Waals surface area contributed by atoms with Gasteiger partial charge in [0.25, 0.3) is 0 Å². The number of nitrogens with zero attached hydrogens (tertiary/aromatic N) is 3. The van der Waals surface area contributed by atoms with Gasteiger partial charge in [-0.2, -0.15) is 0 Å². The Morgan fingerprint density at radius 1 is 0.926 bits per heavy atom. The van der Waals surface area contributed by atoms with Crippen molar-refractivity contribution in [2.45, 2.75) is 13.2 Å². The maximum Gasteiger partial charge on any atom is 0.129 e. The number of halogens is 1. The van der Waals surface area contributed by atoms with Crippen molar-refractivity contribution < 1.29 is 4.74 Å². The summed E-state index contributed by atoms with van der Waals surface area (Å²) < 4.78 is 8.37. The van der Waals surface area contributed by atoms with Crippen LogP contribution in [0.25, 0.3) is 10.9 Å². The molecular weight excluding hydrogens is 358 g/mol. The molecule has 2 aromatic carbocycles. The van der Waals surface area contributed by atoms with Crippen molar-refractivity contribution in [3.05, 3.63) is 64.8 Å². The van der Waals surface area contributed by atoms with Gasteiger partial charge in [-0.05, 0) is 42.9 Å². The molecule has 1 fully saturated rings. The summed E-state index contributed by atoms with van der Waals surface area (Å²) in [7, 11) is 4.33. The molecule has 0 atom stereocenters. The number of hydrogen-bond donors (Lipinski definition) is 0. The van der Waals surface area contributed by atoms with E-state index >= 15 is 0 Å². The lowest BCUT2D eigenvalue weighted by atomic mass is 10.1. The molecule has 1 aromatic heterocycles. The van der Waals surface area contributed by atoms with Crippen LogP contribution in [-0.2, 0) is 20.2 Å². The maximum atomic E-state index is 6.10. The summed E-state index contributed by atoms with van der Waals surface area (Å²) in [4.78, 5) is 4.94. The largest absolute Gasteiger partial charge is 0.487 e. The summed E-state index contributed by atoms with van der Waals surface area (Å²) in [6, 6.07) is 16.2. The van der Waals surface area contributed by atoms with E-state index in [1.807, 2.05) is 24.3 Å². The minimum atomic E-state index is 0.551. The van der Waals surface area contributed by atoms with Crippen LogP contribution in [0.4, 0.5) is 0 Å². The highest BCUT2D eigenvalue weighted by Gasteiger charge is 2.20. The lowest BCUT2D eigenvalue weighted by Gasteiger charge is -2.32. The Balaban J connectivity index is 1.61. The molecule has 4 rings (SSSR count). The molecule has 3 aromatic rings. The van der Waals surface area contributed by atoms with E-state index in [0.29, 0.717) is 6.61 Å². The van der Waals surface area contributed by atoms with Crippen LogP contribution in [0.3, 0.4) is 0 Å². The second-order valence-electron chi connectivity index (χ2n) is 7.32. The first-order valence-corrected chi connectivity index (χ1v) is 9.84. The van der Waals surface area contributed by atoms with Gasteiger partial charge in [-0.3, -0.25) is 4.90 Å². The number of fused-ring (bicyclic) bond motifs is 1. The smallest absolute Gasteiger partial charge is 0.129 e. The number of hydrogen-bond acceptors (Lipinski definition) is 3. The Morgan fingerprint density at radius 3 is 2.37 bits per heavy atom. The van der Waals surface area contributed by atoms with Crippen LogP contribution in [0, 0.1) is 0 Å². The van der Waals surface area contributed by atoms with E-state index in [-0.39, 0.29) is 0 Å². The van der Waals surface area contributed by atoms with Crippen molar-refractivity contribution in [3.63, 3.8) is 0 Å². The second kappa shape index (κ2) is 7.93. The predicted molar refractivity (Wildman–Crippen MR) is 111 cm³/mol. The minimum Gasteiger partial charge on any atom is -0.487 e. The van der Waals surface area contributed by atoms with Gasteiger partial charge in [-0.15, -0.1) is 0 Å². The van der Waals surface area contributed by atoms with E-state index in [2.05, 4.69) is 52.7 Å². The SMILES string of the molecule is CN1CCN(Cc2c(COc3ccc(Cl)cc3)n(C)c3ccccc23)CC1. The molecule has 0 bridgehead atoms. The van der Waals surface area contributed by atoms with Crippen LogP contribution in [0.1, 0.15) is 11.3 Å². The molecule has 0 N–H and O–H groups in total. The van der Waals surface area contributed by atoms with Gasteiger partial charge in [-0.25, -0.2) is 0 Å². The zero-order valence-corrected chi connectivity index (χ0v) is 16.7. The molecule has 2 heterocycles. The summed E-state index contributed by atoms with van der Waals surface area (Å²) in [5, 5.41) is 2.05. The fourth-order valence-corrected chi connectivity index (χ4v) is 3.92.